The highest BCUT2D eigenvalue weighted by atomic mass is 19.1. The lowest BCUT2D eigenvalue weighted by Gasteiger charge is -2.44. The van der Waals surface area contributed by atoms with Gasteiger partial charge in [-0.3, -0.25) is 14.4 Å². The number of nitrogens with zero attached hydrogens (tertiary/aromatic N) is 3. The highest BCUT2D eigenvalue weighted by Crippen LogP contribution is 2.39. The van der Waals surface area contributed by atoms with Gasteiger partial charge in [-0.2, -0.15) is 0 Å². The Kier molecular flexibility index (Phi) is 7.80. The molecule has 2 fully saturated rings. The Morgan fingerprint density at radius 3 is 2.29 bits per heavy atom. The number of aryl methyl sites for hydroxylation is 1. The molecule has 0 aliphatic carbocycles. The number of likely N-dealkylation sites (N-methyl/N-ethyl adjacent to an activating group) is 1. The van der Waals surface area contributed by atoms with Crippen molar-refractivity contribution in [1.29, 1.82) is 0 Å². The molecule has 1 spiro atoms. The molecule has 2 aromatic carbocycles. The van der Waals surface area contributed by atoms with Crippen LogP contribution in [-0.2, 0) is 9.59 Å². The molecule has 3 amide bonds. The van der Waals surface area contributed by atoms with Crippen LogP contribution in [0.5, 0.6) is 0 Å². The van der Waals surface area contributed by atoms with Gasteiger partial charge in [0.05, 0.1) is 12.2 Å². The minimum atomic E-state index is -1.58. The van der Waals surface area contributed by atoms with Crippen LogP contribution in [0.4, 0.5) is 10.1 Å². The summed E-state index contributed by atoms with van der Waals surface area (Å²) in [5, 5.41) is 21.6. The normalized spacial score (nSPS) is 17.8. The maximum atomic E-state index is 14.5. The number of hydrogen-bond acceptors (Lipinski definition) is 6. The van der Waals surface area contributed by atoms with E-state index in [1.807, 2.05) is 18.7 Å². The van der Waals surface area contributed by atoms with Crippen molar-refractivity contribution in [3.63, 3.8) is 0 Å². The van der Waals surface area contributed by atoms with Gasteiger partial charge in [-0.1, -0.05) is 38.1 Å². The van der Waals surface area contributed by atoms with Gasteiger partial charge in [0.15, 0.2) is 0 Å². The van der Waals surface area contributed by atoms with Gasteiger partial charge in [0.2, 0.25) is 11.8 Å². The Morgan fingerprint density at radius 2 is 1.71 bits per heavy atom. The zero-order valence-corrected chi connectivity index (χ0v) is 22.1. The van der Waals surface area contributed by atoms with E-state index in [1.165, 1.54) is 6.07 Å². The minimum Gasteiger partial charge on any atom is -0.423 e. The molecule has 2 heterocycles. The van der Waals surface area contributed by atoms with E-state index in [-0.39, 0.29) is 23.3 Å². The molecule has 0 saturated carbocycles. The van der Waals surface area contributed by atoms with Crippen molar-refractivity contribution in [2.24, 2.45) is 5.92 Å². The van der Waals surface area contributed by atoms with Gasteiger partial charge in [-0.05, 0) is 54.9 Å². The topological polar surface area (TPSA) is 113 Å². The van der Waals surface area contributed by atoms with Crippen LogP contribution in [0.25, 0.3) is 0 Å². The van der Waals surface area contributed by atoms with Gasteiger partial charge >= 0.3 is 7.12 Å². The van der Waals surface area contributed by atoms with E-state index in [4.69, 9.17) is 0 Å². The average Bonchev–Trinajstić information content (AvgIpc) is 3.13. The van der Waals surface area contributed by atoms with E-state index in [2.05, 4.69) is 5.32 Å². The van der Waals surface area contributed by atoms with Gasteiger partial charge in [-0.15, -0.1) is 0 Å². The molecule has 2 aromatic rings. The number of halogens is 1. The SMILES string of the molecule is Cc1cccc(C(=O)NC(C(=O)N2CCC3(CC2)C(=O)N(C)CN3c2ccc(B(O)O)cc2)C(C)C)c1F. The van der Waals surface area contributed by atoms with E-state index in [0.717, 1.165) is 5.69 Å². The summed E-state index contributed by atoms with van der Waals surface area (Å²) in [5.41, 5.74) is 0.556. The summed E-state index contributed by atoms with van der Waals surface area (Å²) in [6, 6.07) is 10.5. The summed E-state index contributed by atoms with van der Waals surface area (Å²) < 4.78 is 14.5. The number of nitrogens with one attached hydrogen (secondary N) is 1. The fourth-order valence-corrected chi connectivity index (χ4v) is 5.37. The molecular formula is C27H34BFN4O5. The zero-order chi connectivity index (χ0) is 27.8. The van der Waals surface area contributed by atoms with Gasteiger partial charge in [0, 0.05) is 25.8 Å². The molecule has 1 atom stereocenters. The van der Waals surface area contributed by atoms with Crippen LogP contribution in [-0.4, -0.2) is 83.1 Å². The summed E-state index contributed by atoms with van der Waals surface area (Å²) in [7, 11) is 0.161. The summed E-state index contributed by atoms with van der Waals surface area (Å²) >= 11 is 0. The molecule has 11 heteroatoms. The fraction of sp³-hybridized carbons (Fsp3) is 0.444. The van der Waals surface area contributed by atoms with Crippen molar-refractivity contribution in [2.45, 2.75) is 45.2 Å². The maximum Gasteiger partial charge on any atom is 0.488 e. The predicted octanol–water partition coefficient (Wildman–Crippen LogP) is 0.866. The third-order valence-corrected chi connectivity index (χ3v) is 7.68. The van der Waals surface area contributed by atoms with Crippen LogP contribution in [0, 0.1) is 18.7 Å². The highest BCUT2D eigenvalue weighted by Gasteiger charge is 2.53. The second-order valence-electron chi connectivity index (χ2n) is 10.5. The number of likely N-dealkylation sites (tertiary alicyclic amines) is 1. The van der Waals surface area contributed by atoms with Crippen molar-refractivity contribution < 1.29 is 28.8 Å². The first kappa shape index (κ1) is 27.6. The second-order valence-corrected chi connectivity index (χ2v) is 10.5. The Balaban J connectivity index is 1.49. The van der Waals surface area contributed by atoms with Crippen molar-refractivity contribution >= 4 is 36.0 Å². The number of anilines is 1. The summed E-state index contributed by atoms with van der Waals surface area (Å²) in [6.07, 6.45) is 0.801. The van der Waals surface area contributed by atoms with Crippen LogP contribution < -0.4 is 15.7 Å². The first-order valence-electron chi connectivity index (χ1n) is 12.8. The average molecular weight is 524 g/mol. The molecule has 38 heavy (non-hydrogen) atoms. The smallest absolute Gasteiger partial charge is 0.423 e. The molecule has 202 valence electrons. The fourth-order valence-electron chi connectivity index (χ4n) is 5.37. The number of carbonyl (C=O) groups excluding carboxylic acids is 3. The first-order valence-corrected chi connectivity index (χ1v) is 12.8. The minimum absolute atomic E-state index is 0.0282. The van der Waals surface area contributed by atoms with Crippen LogP contribution >= 0.6 is 0 Å². The molecule has 2 saturated heterocycles. The van der Waals surface area contributed by atoms with E-state index >= 15 is 0 Å². The van der Waals surface area contributed by atoms with Gasteiger partial charge in [0.1, 0.15) is 17.4 Å². The highest BCUT2D eigenvalue weighted by molar-refractivity contribution is 6.58. The third-order valence-electron chi connectivity index (χ3n) is 7.68. The largest absolute Gasteiger partial charge is 0.488 e. The summed E-state index contributed by atoms with van der Waals surface area (Å²) in [4.78, 5) is 45.0. The molecular weight excluding hydrogens is 490 g/mol. The Bertz CT molecular complexity index is 1210. The van der Waals surface area contributed by atoms with Crippen molar-refractivity contribution in [1.82, 2.24) is 15.1 Å². The lowest BCUT2D eigenvalue weighted by molar-refractivity contribution is -0.139. The van der Waals surface area contributed by atoms with Crippen LogP contribution in [0.15, 0.2) is 42.5 Å². The number of rotatable bonds is 6. The number of amides is 3. The second kappa shape index (κ2) is 10.7. The van der Waals surface area contributed by atoms with Crippen molar-refractivity contribution in [3.8, 4) is 0 Å². The molecule has 1 unspecified atom stereocenters. The lowest BCUT2D eigenvalue weighted by Crippen LogP contribution is -2.60. The Hall–Kier alpha value is -3.44. The Labute approximate surface area is 222 Å². The molecule has 0 radical (unpaired) electrons. The van der Waals surface area contributed by atoms with Crippen LogP contribution in [0.1, 0.15) is 42.6 Å². The maximum absolute atomic E-state index is 14.5. The molecule has 0 aromatic heterocycles. The van der Waals surface area contributed by atoms with Gasteiger partial charge in [0.25, 0.3) is 5.91 Å². The predicted molar refractivity (Wildman–Crippen MR) is 142 cm³/mol. The molecule has 2 aliphatic rings. The zero-order valence-electron chi connectivity index (χ0n) is 22.1. The van der Waals surface area contributed by atoms with Crippen molar-refractivity contribution in [2.75, 3.05) is 31.7 Å². The standard InChI is InChI=1S/C27H34BFN4O5/c1-17(2)23(30-24(34)21-7-5-6-18(3)22(21)29)25(35)32-14-12-27(13-15-32)26(36)31(4)16-33(27)20-10-8-19(9-11-20)28(37)38/h5-11,17,23,37-38H,12-16H2,1-4H3,(H,30,34). The Morgan fingerprint density at radius 1 is 1.08 bits per heavy atom. The number of carbonyl (C=O) groups is 3. The van der Waals surface area contributed by atoms with Gasteiger partial charge in [-0.25, -0.2) is 4.39 Å². The molecule has 9 nitrogen and oxygen atoms in total. The van der Waals surface area contributed by atoms with Gasteiger partial charge < -0.3 is 30.1 Å². The number of piperidine rings is 1. The molecule has 4 rings (SSSR count). The van der Waals surface area contributed by atoms with Crippen LogP contribution in [0.2, 0.25) is 0 Å². The third kappa shape index (κ3) is 5.00. The van der Waals surface area contributed by atoms with E-state index in [1.54, 1.807) is 60.2 Å². The van der Waals surface area contributed by atoms with Crippen LogP contribution in [0.3, 0.4) is 0 Å². The summed E-state index contributed by atoms with van der Waals surface area (Å²) in [5.74, 6) is -1.76. The van der Waals surface area contributed by atoms with E-state index in [9.17, 15) is 28.8 Å². The number of benzene rings is 2. The molecule has 0 bridgehead atoms. The van der Waals surface area contributed by atoms with E-state index in [0.29, 0.717) is 43.6 Å². The van der Waals surface area contributed by atoms with E-state index < -0.39 is 30.4 Å². The van der Waals surface area contributed by atoms with Crippen molar-refractivity contribution in [3.05, 3.63) is 59.4 Å². The molecule has 3 N–H and O–H groups in total. The first-order chi connectivity index (χ1) is 18.0. The number of hydrogen-bond donors (Lipinski definition) is 3. The molecule has 2 aliphatic heterocycles. The quantitative estimate of drug-likeness (QED) is 0.484. The lowest BCUT2D eigenvalue weighted by atomic mass is 9.80. The summed E-state index contributed by atoms with van der Waals surface area (Å²) in [6.45, 7) is 6.24. The monoisotopic (exact) mass is 524 g/mol.